The van der Waals surface area contributed by atoms with Crippen LogP contribution in [0.15, 0.2) is 30.6 Å². The zero-order valence-electron chi connectivity index (χ0n) is 11.9. The monoisotopic (exact) mass is 301 g/mol. The third kappa shape index (κ3) is 2.84. The smallest absolute Gasteiger partial charge is 0.152 e. The van der Waals surface area contributed by atoms with Gasteiger partial charge in [-0.1, -0.05) is 11.6 Å². The van der Waals surface area contributed by atoms with Gasteiger partial charge in [-0.05, 0) is 31.7 Å². The minimum atomic E-state index is 0.444. The van der Waals surface area contributed by atoms with Gasteiger partial charge in [0.05, 0.1) is 11.2 Å². The summed E-state index contributed by atoms with van der Waals surface area (Å²) in [5.74, 6) is 0.730. The molecule has 3 heterocycles. The minimum absolute atomic E-state index is 0.444. The molecule has 5 nitrogen and oxygen atoms in total. The first-order chi connectivity index (χ1) is 10.2. The van der Waals surface area contributed by atoms with Crippen molar-refractivity contribution >= 4 is 34.0 Å². The molecule has 0 saturated carbocycles. The lowest BCUT2D eigenvalue weighted by Crippen LogP contribution is -2.04. The summed E-state index contributed by atoms with van der Waals surface area (Å²) in [5, 5.41) is 7.89. The number of H-pyrrole nitrogens is 1. The number of hydrogen-bond acceptors (Lipinski definition) is 4. The zero-order valence-corrected chi connectivity index (χ0v) is 12.6. The minimum Gasteiger partial charge on any atom is -0.361 e. The van der Waals surface area contributed by atoms with E-state index in [-0.39, 0.29) is 0 Å². The highest BCUT2D eigenvalue weighted by Crippen LogP contribution is 2.25. The first-order valence-electron chi connectivity index (χ1n) is 6.68. The zero-order chi connectivity index (χ0) is 14.8. The Morgan fingerprint density at radius 3 is 2.95 bits per heavy atom. The first kappa shape index (κ1) is 13.9. The van der Waals surface area contributed by atoms with Crippen LogP contribution in [0, 0.1) is 6.92 Å². The van der Waals surface area contributed by atoms with Gasteiger partial charge in [-0.25, -0.2) is 9.97 Å². The molecule has 108 valence electrons. The van der Waals surface area contributed by atoms with E-state index in [0.717, 1.165) is 34.6 Å². The van der Waals surface area contributed by atoms with E-state index in [1.54, 1.807) is 0 Å². The van der Waals surface area contributed by atoms with Crippen molar-refractivity contribution in [1.82, 2.24) is 20.3 Å². The van der Waals surface area contributed by atoms with E-state index in [4.69, 9.17) is 11.6 Å². The molecule has 6 heteroatoms. The van der Waals surface area contributed by atoms with Gasteiger partial charge in [0.25, 0.3) is 0 Å². The number of rotatable bonds is 4. The molecule has 0 spiro atoms. The van der Waals surface area contributed by atoms with E-state index in [0.29, 0.717) is 5.15 Å². The average molecular weight is 302 g/mol. The van der Waals surface area contributed by atoms with Crippen molar-refractivity contribution in [3.8, 4) is 0 Å². The van der Waals surface area contributed by atoms with E-state index in [2.05, 4.69) is 25.6 Å². The van der Waals surface area contributed by atoms with Crippen LogP contribution in [0.1, 0.15) is 11.3 Å². The molecule has 0 bridgehead atoms. The highest BCUT2D eigenvalue weighted by atomic mass is 35.5. The van der Waals surface area contributed by atoms with Crippen LogP contribution in [0.2, 0.25) is 5.15 Å². The summed E-state index contributed by atoms with van der Waals surface area (Å²) in [4.78, 5) is 11.9. The molecule has 0 atom stereocenters. The van der Waals surface area contributed by atoms with Crippen molar-refractivity contribution in [3.63, 3.8) is 0 Å². The van der Waals surface area contributed by atoms with Crippen molar-refractivity contribution in [2.75, 3.05) is 12.4 Å². The summed E-state index contributed by atoms with van der Waals surface area (Å²) >= 11 is 6.13. The summed E-state index contributed by atoms with van der Waals surface area (Å²) < 4.78 is 0. The molecule has 0 aliphatic heterocycles. The highest BCUT2D eigenvalue weighted by molar-refractivity contribution is 6.32. The van der Waals surface area contributed by atoms with E-state index < -0.39 is 0 Å². The molecule has 0 aromatic carbocycles. The summed E-state index contributed by atoms with van der Waals surface area (Å²) in [7, 11) is 1.93. The summed E-state index contributed by atoms with van der Waals surface area (Å²) in [6.07, 6.45) is 3.85. The Morgan fingerprint density at radius 1 is 1.33 bits per heavy atom. The average Bonchev–Trinajstić information content (AvgIpc) is 2.85. The molecule has 0 fully saturated rings. The van der Waals surface area contributed by atoms with Crippen LogP contribution in [0.3, 0.4) is 0 Å². The van der Waals surface area contributed by atoms with Gasteiger partial charge in [-0.15, -0.1) is 0 Å². The van der Waals surface area contributed by atoms with E-state index >= 15 is 0 Å². The normalized spacial score (nSPS) is 11.0. The topological polar surface area (TPSA) is 65.6 Å². The summed E-state index contributed by atoms with van der Waals surface area (Å²) in [6, 6.07) is 5.77. The third-order valence-electron chi connectivity index (χ3n) is 3.27. The molecule has 3 aromatic rings. The van der Waals surface area contributed by atoms with Gasteiger partial charge in [0.2, 0.25) is 0 Å². The molecule has 3 rings (SSSR count). The number of aromatic amines is 1. The van der Waals surface area contributed by atoms with Gasteiger partial charge in [0.1, 0.15) is 5.82 Å². The van der Waals surface area contributed by atoms with Gasteiger partial charge in [0.15, 0.2) is 5.15 Å². The number of hydrogen-bond donors (Lipinski definition) is 3. The Hall–Kier alpha value is -2.11. The SMILES string of the molecule is CNCc1c[nH]c2cc(Nc3ccc(C)nc3Cl)ncc12. The van der Waals surface area contributed by atoms with Crippen LogP contribution in [0.4, 0.5) is 11.5 Å². The van der Waals surface area contributed by atoms with Crippen molar-refractivity contribution in [2.24, 2.45) is 0 Å². The molecular weight excluding hydrogens is 286 g/mol. The number of pyridine rings is 2. The fourth-order valence-corrected chi connectivity index (χ4v) is 2.48. The maximum atomic E-state index is 6.13. The largest absolute Gasteiger partial charge is 0.361 e. The molecule has 0 saturated heterocycles. The van der Waals surface area contributed by atoms with Crippen molar-refractivity contribution in [1.29, 1.82) is 0 Å². The predicted octanol–water partition coefficient (Wildman–Crippen LogP) is 3.38. The lowest BCUT2D eigenvalue weighted by atomic mass is 10.2. The summed E-state index contributed by atoms with van der Waals surface area (Å²) in [5.41, 5.74) is 3.86. The summed E-state index contributed by atoms with van der Waals surface area (Å²) in [6.45, 7) is 2.71. The second kappa shape index (κ2) is 5.71. The number of halogens is 1. The molecule has 0 amide bonds. The first-order valence-corrected chi connectivity index (χ1v) is 7.06. The standard InChI is InChI=1S/C15H16ClN5/c1-9-3-4-12(15(16)20-9)21-14-5-13-11(8-19-14)10(6-17-2)7-18-13/h3-5,7-8,17-18H,6H2,1-2H3,(H,19,21). The Labute approximate surface area is 127 Å². The Morgan fingerprint density at radius 2 is 2.19 bits per heavy atom. The van der Waals surface area contributed by atoms with Gasteiger partial charge in [0, 0.05) is 36.1 Å². The number of nitrogens with zero attached hydrogens (tertiary/aromatic N) is 2. The Balaban J connectivity index is 1.91. The lowest BCUT2D eigenvalue weighted by molar-refractivity contribution is 0.823. The maximum absolute atomic E-state index is 6.13. The van der Waals surface area contributed by atoms with Crippen LogP contribution < -0.4 is 10.6 Å². The number of aromatic nitrogens is 3. The van der Waals surface area contributed by atoms with Crippen molar-refractivity contribution in [2.45, 2.75) is 13.5 Å². The van der Waals surface area contributed by atoms with E-state index in [1.165, 1.54) is 5.56 Å². The van der Waals surface area contributed by atoms with Gasteiger partial charge < -0.3 is 15.6 Å². The maximum Gasteiger partial charge on any atom is 0.152 e. The van der Waals surface area contributed by atoms with Crippen LogP contribution in [-0.2, 0) is 6.54 Å². The van der Waals surface area contributed by atoms with E-state index in [1.807, 2.05) is 44.6 Å². The second-order valence-electron chi connectivity index (χ2n) is 4.88. The van der Waals surface area contributed by atoms with Gasteiger partial charge in [-0.2, -0.15) is 0 Å². The number of anilines is 2. The van der Waals surface area contributed by atoms with Crippen LogP contribution >= 0.6 is 11.6 Å². The quantitative estimate of drug-likeness (QED) is 0.646. The Bertz CT molecular complexity index is 781. The molecule has 0 aliphatic rings. The Kier molecular flexibility index (Phi) is 3.77. The molecule has 21 heavy (non-hydrogen) atoms. The molecular formula is C15H16ClN5. The van der Waals surface area contributed by atoms with Gasteiger partial charge in [-0.3, -0.25) is 0 Å². The van der Waals surface area contributed by atoms with Crippen LogP contribution in [0.25, 0.3) is 10.9 Å². The van der Waals surface area contributed by atoms with Gasteiger partial charge >= 0.3 is 0 Å². The van der Waals surface area contributed by atoms with Crippen LogP contribution in [0.5, 0.6) is 0 Å². The molecule has 0 unspecified atom stereocenters. The predicted molar refractivity (Wildman–Crippen MR) is 86.1 cm³/mol. The van der Waals surface area contributed by atoms with Crippen molar-refractivity contribution in [3.05, 3.63) is 47.0 Å². The molecule has 3 N–H and O–H groups in total. The fraction of sp³-hybridized carbons (Fsp3) is 0.200. The number of aryl methyl sites for hydroxylation is 1. The molecule has 3 aromatic heterocycles. The fourth-order valence-electron chi connectivity index (χ4n) is 2.23. The lowest BCUT2D eigenvalue weighted by Gasteiger charge is -2.07. The second-order valence-corrected chi connectivity index (χ2v) is 5.23. The number of nitrogens with one attached hydrogen (secondary N) is 3. The highest BCUT2D eigenvalue weighted by Gasteiger charge is 2.07. The van der Waals surface area contributed by atoms with E-state index in [9.17, 15) is 0 Å². The molecule has 0 radical (unpaired) electrons. The number of fused-ring (bicyclic) bond motifs is 1. The third-order valence-corrected chi connectivity index (χ3v) is 3.56. The van der Waals surface area contributed by atoms with Crippen molar-refractivity contribution < 1.29 is 0 Å². The molecule has 0 aliphatic carbocycles. The van der Waals surface area contributed by atoms with Crippen LogP contribution in [-0.4, -0.2) is 22.0 Å².